The Bertz CT molecular complexity index is 1080. The van der Waals surface area contributed by atoms with Gasteiger partial charge in [0.05, 0.1) is 5.69 Å². The number of aromatic nitrogens is 5. The quantitative estimate of drug-likeness (QED) is 0.333. The minimum absolute atomic E-state index is 0.0655. The fraction of sp³-hybridized carbons (Fsp3) is 0.704. The molecule has 0 aliphatic rings. The SMILES string of the molecule is CC(CC(C)(C)c1nonc1C(C)CC(C)(C)c1ccnn1C(C)C)c1conc1C(C)(C)C. The topological polar surface area (TPSA) is 82.8 Å². The van der Waals surface area contributed by atoms with Crippen molar-refractivity contribution in [3.8, 4) is 0 Å². The summed E-state index contributed by atoms with van der Waals surface area (Å²) >= 11 is 0. The van der Waals surface area contributed by atoms with E-state index in [0.29, 0.717) is 6.04 Å². The second-order valence-corrected chi connectivity index (χ2v) is 12.6. The van der Waals surface area contributed by atoms with Crippen molar-refractivity contribution in [2.75, 3.05) is 0 Å². The first-order valence-corrected chi connectivity index (χ1v) is 12.5. The zero-order chi connectivity index (χ0) is 25.5. The van der Waals surface area contributed by atoms with Crippen LogP contribution in [0.15, 0.2) is 27.7 Å². The van der Waals surface area contributed by atoms with Gasteiger partial charge in [-0.15, -0.1) is 0 Å². The van der Waals surface area contributed by atoms with Crippen LogP contribution in [0.2, 0.25) is 0 Å². The van der Waals surface area contributed by atoms with E-state index in [0.717, 1.165) is 35.5 Å². The van der Waals surface area contributed by atoms with Crippen molar-refractivity contribution in [2.24, 2.45) is 0 Å². The van der Waals surface area contributed by atoms with Crippen LogP contribution in [-0.2, 0) is 16.2 Å². The summed E-state index contributed by atoms with van der Waals surface area (Å²) in [5.41, 5.74) is 4.94. The predicted molar refractivity (Wildman–Crippen MR) is 134 cm³/mol. The van der Waals surface area contributed by atoms with Gasteiger partial charge in [0, 0.05) is 45.7 Å². The monoisotopic (exact) mass is 469 g/mol. The molecule has 0 saturated heterocycles. The van der Waals surface area contributed by atoms with Crippen molar-refractivity contribution in [3.05, 3.63) is 46.9 Å². The summed E-state index contributed by atoms with van der Waals surface area (Å²) < 4.78 is 12.8. The average molecular weight is 470 g/mol. The van der Waals surface area contributed by atoms with Crippen LogP contribution in [0.5, 0.6) is 0 Å². The van der Waals surface area contributed by atoms with Gasteiger partial charge in [-0.25, -0.2) is 4.63 Å². The lowest BCUT2D eigenvalue weighted by molar-refractivity contribution is 0.287. The van der Waals surface area contributed by atoms with Gasteiger partial charge in [-0.1, -0.05) is 77.8 Å². The minimum atomic E-state index is -0.223. The Labute approximate surface area is 204 Å². The number of hydrogen-bond donors (Lipinski definition) is 0. The third kappa shape index (κ3) is 5.28. The molecule has 3 aromatic heterocycles. The minimum Gasteiger partial charge on any atom is -0.364 e. The van der Waals surface area contributed by atoms with Gasteiger partial charge in [-0.05, 0) is 38.7 Å². The lowest BCUT2D eigenvalue weighted by Crippen LogP contribution is -2.27. The van der Waals surface area contributed by atoms with Gasteiger partial charge < -0.3 is 4.52 Å². The van der Waals surface area contributed by atoms with Crippen LogP contribution >= 0.6 is 0 Å². The molecule has 7 nitrogen and oxygen atoms in total. The summed E-state index contributed by atoms with van der Waals surface area (Å²) in [6, 6.07) is 2.45. The van der Waals surface area contributed by atoms with Crippen LogP contribution in [0.1, 0.15) is 135 Å². The van der Waals surface area contributed by atoms with E-state index in [1.807, 2.05) is 6.20 Å². The number of rotatable bonds is 9. The predicted octanol–water partition coefficient (Wildman–Crippen LogP) is 7.08. The Morgan fingerprint density at radius 2 is 1.47 bits per heavy atom. The normalized spacial score (nSPS) is 15.2. The van der Waals surface area contributed by atoms with E-state index in [-0.39, 0.29) is 28.1 Å². The van der Waals surface area contributed by atoms with Crippen LogP contribution in [-0.4, -0.2) is 25.3 Å². The summed E-state index contributed by atoms with van der Waals surface area (Å²) in [5, 5.41) is 17.7. The molecule has 3 aromatic rings. The van der Waals surface area contributed by atoms with Crippen LogP contribution in [0.25, 0.3) is 0 Å². The summed E-state index contributed by atoms with van der Waals surface area (Å²) in [5.74, 6) is 0.439. The first kappa shape index (κ1) is 26.2. The zero-order valence-corrected chi connectivity index (χ0v) is 22.9. The summed E-state index contributed by atoms with van der Waals surface area (Å²) in [7, 11) is 0. The molecule has 0 aliphatic carbocycles. The summed E-state index contributed by atoms with van der Waals surface area (Å²) in [6.45, 7) is 24.3. The fourth-order valence-electron chi connectivity index (χ4n) is 5.35. The molecule has 0 aromatic carbocycles. The molecule has 0 N–H and O–H groups in total. The van der Waals surface area contributed by atoms with Gasteiger partial charge in [0.2, 0.25) is 0 Å². The van der Waals surface area contributed by atoms with Crippen molar-refractivity contribution in [2.45, 2.75) is 123 Å². The molecule has 2 atom stereocenters. The Morgan fingerprint density at radius 1 is 0.824 bits per heavy atom. The van der Waals surface area contributed by atoms with E-state index in [1.165, 1.54) is 5.69 Å². The van der Waals surface area contributed by atoms with E-state index in [4.69, 9.17) is 9.15 Å². The van der Waals surface area contributed by atoms with Crippen LogP contribution in [0, 0.1) is 0 Å². The molecular formula is C27H43N5O2. The Kier molecular flexibility index (Phi) is 7.16. The van der Waals surface area contributed by atoms with E-state index in [2.05, 4.69) is 107 Å². The lowest BCUT2D eigenvalue weighted by Gasteiger charge is -2.31. The first-order valence-electron chi connectivity index (χ1n) is 12.5. The van der Waals surface area contributed by atoms with Crippen molar-refractivity contribution < 1.29 is 9.15 Å². The van der Waals surface area contributed by atoms with Crippen LogP contribution in [0.4, 0.5) is 0 Å². The Balaban J connectivity index is 1.82. The van der Waals surface area contributed by atoms with Crippen molar-refractivity contribution in [3.63, 3.8) is 0 Å². The molecule has 0 spiro atoms. The molecule has 7 heteroatoms. The molecule has 0 radical (unpaired) electrons. The highest BCUT2D eigenvalue weighted by Crippen LogP contribution is 2.42. The maximum Gasteiger partial charge on any atom is 0.127 e. The molecule has 3 rings (SSSR count). The molecule has 0 aliphatic heterocycles. The molecular weight excluding hydrogens is 426 g/mol. The van der Waals surface area contributed by atoms with Gasteiger partial charge >= 0.3 is 0 Å². The van der Waals surface area contributed by atoms with Crippen molar-refractivity contribution in [1.82, 2.24) is 25.3 Å². The Morgan fingerprint density at radius 3 is 2.09 bits per heavy atom. The lowest BCUT2D eigenvalue weighted by atomic mass is 9.73. The molecule has 0 fully saturated rings. The average Bonchev–Trinajstić information content (AvgIpc) is 3.46. The van der Waals surface area contributed by atoms with Crippen LogP contribution < -0.4 is 0 Å². The van der Waals surface area contributed by atoms with Gasteiger partial charge in [-0.2, -0.15) is 5.10 Å². The molecule has 188 valence electrons. The highest BCUT2D eigenvalue weighted by molar-refractivity contribution is 5.29. The molecule has 2 unspecified atom stereocenters. The maximum atomic E-state index is 5.37. The number of nitrogens with zero attached hydrogens (tertiary/aromatic N) is 5. The van der Waals surface area contributed by atoms with Crippen LogP contribution in [0.3, 0.4) is 0 Å². The zero-order valence-electron chi connectivity index (χ0n) is 22.9. The van der Waals surface area contributed by atoms with Gasteiger partial charge in [0.15, 0.2) is 0 Å². The molecule has 0 amide bonds. The Hall–Kier alpha value is -2.44. The second-order valence-electron chi connectivity index (χ2n) is 12.6. The smallest absolute Gasteiger partial charge is 0.127 e. The first-order chi connectivity index (χ1) is 15.6. The van der Waals surface area contributed by atoms with E-state index >= 15 is 0 Å². The van der Waals surface area contributed by atoms with Crippen molar-refractivity contribution in [1.29, 1.82) is 0 Å². The third-order valence-corrected chi connectivity index (χ3v) is 6.95. The molecule has 3 heterocycles. The van der Waals surface area contributed by atoms with E-state index < -0.39 is 0 Å². The summed E-state index contributed by atoms with van der Waals surface area (Å²) in [6.07, 6.45) is 5.49. The summed E-state index contributed by atoms with van der Waals surface area (Å²) in [4.78, 5) is 0. The van der Waals surface area contributed by atoms with E-state index in [1.54, 1.807) is 6.26 Å². The second kappa shape index (κ2) is 9.31. The highest BCUT2D eigenvalue weighted by Gasteiger charge is 2.37. The standard InChI is InChI=1S/C27H43N5O2/c1-17(2)32-21(12-13-28-32)26(8,9)15-19(4)22-24(31-34-29-22)27(10,11)14-18(3)20-16-33-30-23(20)25(5,6)7/h12-13,16-19H,14-15H2,1-11H3. The number of hydrogen-bond acceptors (Lipinski definition) is 6. The van der Waals surface area contributed by atoms with Gasteiger partial charge in [-0.3, -0.25) is 4.68 Å². The van der Waals surface area contributed by atoms with Gasteiger partial charge in [0.1, 0.15) is 17.7 Å². The molecule has 34 heavy (non-hydrogen) atoms. The highest BCUT2D eigenvalue weighted by atomic mass is 16.6. The largest absolute Gasteiger partial charge is 0.364 e. The molecule has 0 saturated carbocycles. The van der Waals surface area contributed by atoms with E-state index in [9.17, 15) is 0 Å². The third-order valence-electron chi connectivity index (χ3n) is 6.95. The van der Waals surface area contributed by atoms with Gasteiger partial charge in [0.25, 0.3) is 0 Å². The maximum absolute atomic E-state index is 5.37. The molecule has 0 bridgehead atoms. The van der Waals surface area contributed by atoms with Crippen molar-refractivity contribution >= 4 is 0 Å². The fourth-order valence-corrected chi connectivity index (χ4v) is 5.35.